The second-order valence-corrected chi connectivity index (χ2v) is 6.63. The smallest absolute Gasteiger partial charge is 0.165 e. The summed E-state index contributed by atoms with van der Waals surface area (Å²) >= 11 is 0. The van der Waals surface area contributed by atoms with E-state index in [0.29, 0.717) is 11.7 Å². The molecule has 17 heavy (non-hydrogen) atoms. The van der Waals surface area contributed by atoms with Crippen LogP contribution in [0.2, 0.25) is 0 Å². The monoisotopic (exact) mass is 234 g/mol. The van der Waals surface area contributed by atoms with Gasteiger partial charge in [0.25, 0.3) is 0 Å². The molecule has 2 atom stereocenters. The molecule has 96 valence electrons. The van der Waals surface area contributed by atoms with Gasteiger partial charge in [0.2, 0.25) is 0 Å². The second kappa shape index (κ2) is 4.26. The van der Waals surface area contributed by atoms with E-state index in [9.17, 15) is 4.79 Å². The zero-order chi connectivity index (χ0) is 12.7. The van der Waals surface area contributed by atoms with E-state index in [2.05, 4.69) is 33.8 Å². The molecule has 0 aromatic heterocycles. The summed E-state index contributed by atoms with van der Waals surface area (Å²) in [4.78, 5) is 12.5. The van der Waals surface area contributed by atoms with Crippen molar-refractivity contribution >= 4 is 5.78 Å². The van der Waals surface area contributed by atoms with Gasteiger partial charge in [0.15, 0.2) is 5.78 Å². The molecule has 0 heterocycles. The number of carbonyl (C=O) groups is 1. The number of unbranched alkanes of at least 4 members (excludes halogenated alkanes) is 3. The van der Waals surface area contributed by atoms with E-state index in [1.54, 1.807) is 0 Å². The Hall–Kier alpha value is -0.590. The second-order valence-electron chi connectivity index (χ2n) is 6.63. The van der Waals surface area contributed by atoms with Crippen LogP contribution < -0.4 is 0 Å². The summed E-state index contributed by atoms with van der Waals surface area (Å²) in [6.45, 7) is 8.98. The molecule has 2 bridgehead atoms. The lowest BCUT2D eigenvalue weighted by Crippen LogP contribution is -2.32. The third kappa shape index (κ3) is 1.70. The number of carbonyl (C=O) groups excluding carboxylic acids is 1. The summed E-state index contributed by atoms with van der Waals surface area (Å²) in [5, 5.41) is 0. The van der Waals surface area contributed by atoms with Crippen LogP contribution in [0.1, 0.15) is 66.2 Å². The first-order chi connectivity index (χ1) is 7.95. The molecule has 0 aromatic rings. The van der Waals surface area contributed by atoms with E-state index in [0.717, 1.165) is 12.8 Å². The first-order valence-corrected chi connectivity index (χ1v) is 7.20. The van der Waals surface area contributed by atoms with Crippen LogP contribution in [0.4, 0.5) is 0 Å². The third-order valence-corrected chi connectivity index (χ3v) is 5.54. The molecule has 2 rings (SSSR count). The van der Waals surface area contributed by atoms with Crippen molar-refractivity contribution in [1.82, 2.24) is 0 Å². The highest BCUT2D eigenvalue weighted by Crippen LogP contribution is 2.65. The van der Waals surface area contributed by atoms with Crippen molar-refractivity contribution in [3.05, 3.63) is 11.6 Å². The molecule has 0 radical (unpaired) electrons. The molecule has 2 saturated carbocycles. The van der Waals surface area contributed by atoms with Gasteiger partial charge >= 0.3 is 0 Å². The topological polar surface area (TPSA) is 17.1 Å². The zero-order valence-electron chi connectivity index (χ0n) is 11.8. The molecule has 0 amide bonds. The van der Waals surface area contributed by atoms with Crippen molar-refractivity contribution in [2.24, 2.45) is 16.7 Å². The van der Waals surface area contributed by atoms with Crippen LogP contribution in [0.15, 0.2) is 11.6 Å². The molecule has 2 fully saturated rings. The molecule has 0 saturated heterocycles. The van der Waals surface area contributed by atoms with Crippen molar-refractivity contribution in [3.63, 3.8) is 0 Å². The minimum atomic E-state index is -0.0751. The number of hydrogen-bond donors (Lipinski definition) is 0. The van der Waals surface area contributed by atoms with Crippen molar-refractivity contribution < 1.29 is 4.79 Å². The fourth-order valence-corrected chi connectivity index (χ4v) is 3.81. The van der Waals surface area contributed by atoms with Gasteiger partial charge in [-0.25, -0.2) is 0 Å². The van der Waals surface area contributed by atoms with E-state index in [1.165, 1.54) is 31.3 Å². The van der Waals surface area contributed by atoms with Gasteiger partial charge in [-0.2, -0.15) is 0 Å². The van der Waals surface area contributed by atoms with Gasteiger partial charge in [-0.1, -0.05) is 46.6 Å². The van der Waals surface area contributed by atoms with Gasteiger partial charge in [0.1, 0.15) is 0 Å². The number of ketones is 1. The standard InChI is InChI=1S/C16H26O/c1-5-6-7-8-9-12-13-10-11-16(4,14(12)17)15(13,2)3/h9,13H,5-8,10-11H2,1-4H3/b12-9-/t13-,16-/m1/s1. The van der Waals surface area contributed by atoms with Gasteiger partial charge in [-0.3, -0.25) is 4.79 Å². The van der Waals surface area contributed by atoms with Crippen molar-refractivity contribution in [3.8, 4) is 0 Å². The first kappa shape index (κ1) is 12.9. The maximum atomic E-state index is 12.5. The lowest BCUT2D eigenvalue weighted by atomic mass is 9.70. The van der Waals surface area contributed by atoms with E-state index >= 15 is 0 Å². The molecule has 0 aliphatic heterocycles. The fourth-order valence-electron chi connectivity index (χ4n) is 3.81. The molecule has 1 heteroatoms. The Kier molecular flexibility index (Phi) is 3.22. The van der Waals surface area contributed by atoms with Crippen LogP contribution in [0.3, 0.4) is 0 Å². The number of allylic oxidation sites excluding steroid dienone is 2. The number of hydrogen-bond acceptors (Lipinski definition) is 1. The van der Waals surface area contributed by atoms with E-state index in [4.69, 9.17) is 0 Å². The van der Waals surface area contributed by atoms with Gasteiger partial charge in [0, 0.05) is 5.41 Å². The first-order valence-electron chi connectivity index (χ1n) is 7.20. The van der Waals surface area contributed by atoms with Crippen LogP contribution in [0.25, 0.3) is 0 Å². The Morgan fingerprint density at radius 2 is 2.00 bits per heavy atom. The van der Waals surface area contributed by atoms with Crippen LogP contribution in [0, 0.1) is 16.7 Å². The molecule has 0 spiro atoms. The summed E-state index contributed by atoms with van der Waals surface area (Å²) in [5.74, 6) is 0.983. The Balaban J connectivity index is 2.14. The summed E-state index contributed by atoms with van der Waals surface area (Å²) in [7, 11) is 0. The predicted octanol–water partition coefficient (Wildman–Crippen LogP) is 4.52. The Morgan fingerprint density at radius 3 is 2.53 bits per heavy atom. The van der Waals surface area contributed by atoms with E-state index < -0.39 is 0 Å². The molecule has 0 aromatic carbocycles. The Labute approximate surface area is 106 Å². The quantitative estimate of drug-likeness (QED) is 0.516. The minimum Gasteiger partial charge on any atom is -0.294 e. The Bertz CT molecular complexity index is 351. The largest absolute Gasteiger partial charge is 0.294 e. The summed E-state index contributed by atoms with van der Waals surface area (Å²) < 4.78 is 0. The highest BCUT2D eigenvalue weighted by Gasteiger charge is 2.63. The fraction of sp³-hybridized carbons (Fsp3) is 0.812. The van der Waals surface area contributed by atoms with Gasteiger partial charge in [-0.05, 0) is 42.6 Å². The maximum Gasteiger partial charge on any atom is 0.165 e. The molecule has 0 unspecified atom stereocenters. The number of Topliss-reactive ketones (excluding diaryl/α,β-unsaturated/α-hetero) is 1. The summed E-state index contributed by atoms with van der Waals surface area (Å²) in [6.07, 6.45) is 9.43. The van der Waals surface area contributed by atoms with Crippen LogP contribution >= 0.6 is 0 Å². The van der Waals surface area contributed by atoms with Crippen LogP contribution in [-0.4, -0.2) is 5.78 Å². The number of fused-ring (bicyclic) bond motifs is 2. The van der Waals surface area contributed by atoms with Crippen molar-refractivity contribution in [2.45, 2.75) is 66.2 Å². The normalized spacial score (nSPS) is 37.1. The predicted molar refractivity (Wildman–Crippen MR) is 71.8 cm³/mol. The Morgan fingerprint density at radius 1 is 1.29 bits per heavy atom. The van der Waals surface area contributed by atoms with Gasteiger partial charge in [-0.15, -0.1) is 0 Å². The molecule has 2 aliphatic carbocycles. The zero-order valence-corrected chi connectivity index (χ0v) is 11.8. The SMILES string of the molecule is CCCCC/C=C1\C(=O)[C@@]2(C)CC[C@H]1C2(C)C. The maximum absolute atomic E-state index is 12.5. The van der Waals surface area contributed by atoms with Gasteiger partial charge < -0.3 is 0 Å². The molecule has 1 nitrogen and oxygen atoms in total. The highest BCUT2D eigenvalue weighted by atomic mass is 16.1. The molecular weight excluding hydrogens is 208 g/mol. The van der Waals surface area contributed by atoms with Crippen molar-refractivity contribution in [2.75, 3.05) is 0 Å². The lowest BCUT2D eigenvalue weighted by Gasteiger charge is -2.31. The van der Waals surface area contributed by atoms with Crippen LogP contribution in [-0.2, 0) is 4.79 Å². The lowest BCUT2D eigenvalue weighted by molar-refractivity contribution is -0.125. The molecule has 2 aliphatic rings. The van der Waals surface area contributed by atoms with E-state index in [1.807, 2.05) is 0 Å². The number of rotatable bonds is 4. The highest BCUT2D eigenvalue weighted by molar-refractivity contribution is 6.04. The van der Waals surface area contributed by atoms with Gasteiger partial charge in [0.05, 0.1) is 0 Å². The summed E-state index contributed by atoms with van der Waals surface area (Å²) in [5.41, 5.74) is 1.27. The average Bonchev–Trinajstić information content (AvgIpc) is 2.58. The van der Waals surface area contributed by atoms with Crippen molar-refractivity contribution in [1.29, 1.82) is 0 Å². The van der Waals surface area contributed by atoms with E-state index in [-0.39, 0.29) is 10.8 Å². The third-order valence-electron chi connectivity index (χ3n) is 5.54. The minimum absolute atomic E-state index is 0.0751. The average molecular weight is 234 g/mol. The summed E-state index contributed by atoms with van der Waals surface area (Å²) in [6, 6.07) is 0. The van der Waals surface area contributed by atoms with Crippen LogP contribution in [0.5, 0.6) is 0 Å². The molecular formula is C16H26O. The molecule has 0 N–H and O–H groups in total.